The number of hydrogen-bond acceptors (Lipinski definition) is 5. The van der Waals surface area contributed by atoms with E-state index in [9.17, 15) is 9.59 Å². The third-order valence-corrected chi connectivity index (χ3v) is 3.72. The second-order valence-corrected chi connectivity index (χ2v) is 5.27. The van der Waals surface area contributed by atoms with Crippen LogP contribution in [0.5, 0.6) is 0 Å². The molecule has 1 unspecified atom stereocenters. The van der Waals surface area contributed by atoms with E-state index in [2.05, 4.69) is 27.2 Å². The van der Waals surface area contributed by atoms with E-state index < -0.39 is 0 Å². The normalized spacial score (nSPS) is 17.4. The molecule has 0 saturated heterocycles. The lowest BCUT2D eigenvalue weighted by Gasteiger charge is -2.06. The third-order valence-electron chi connectivity index (χ3n) is 2.91. The number of rotatable bonds is 5. The van der Waals surface area contributed by atoms with E-state index >= 15 is 0 Å². The van der Waals surface area contributed by atoms with E-state index in [0.29, 0.717) is 23.2 Å². The van der Waals surface area contributed by atoms with Crippen molar-refractivity contribution in [2.75, 3.05) is 12.4 Å². The van der Waals surface area contributed by atoms with Crippen molar-refractivity contribution in [2.45, 2.75) is 25.7 Å². The zero-order valence-corrected chi connectivity index (χ0v) is 11.5. The zero-order valence-electron chi connectivity index (χ0n) is 10.7. The minimum atomic E-state index is -0.334. The van der Waals surface area contributed by atoms with Gasteiger partial charge < -0.3 is 10.1 Å². The van der Waals surface area contributed by atoms with Gasteiger partial charge in [-0.2, -0.15) is 0 Å². The van der Waals surface area contributed by atoms with Crippen LogP contribution in [0.1, 0.15) is 25.0 Å². The summed E-state index contributed by atoms with van der Waals surface area (Å²) < 4.78 is 4.56. The molecule has 1 atom stereocenters. The van der Waals surface area contributed by atoms with E-state index in [1.807, 2.05) is 0 Å². The number of hydrogen-bond donors (Lipinski definition) is 1. The molecule has 6 heteroatoms. The van der Waals surface area contributed by atoms with E-state index in [4.69, 9.17) is 0 Å². The topological polar surface area (TPSA) is 68.3 Å². The molecule has 5 nitrogen and oxygen atoms in total. The van der Waals surface area contributed by atoms with Gasteiger partial charge in [0.15, 0.2) is 5.13 Å². The molecule has 1 amide bonds. The first-order chi connectivity index (χ1) is 9.17. The summed E-state index contributed by atoms with van der Waals surface area (Å²) in [6.45, 7) is 0. The van der Waals surface area contributed by atoms with Gasteiger partial charge in [0.2, 0.25) is 5.91 Å². The summed E-state index contributed by atoms with van der Waals surface area (Å²) in [5.74, 6) is -0.0238. The van der Waals surface area contributed by atoms with Crippen LogP contribution in [-0.2, 0) is 20.7 Å². The summed E-state index contributed by atoms with van der Waals surface area (Å²) >= 11 is 1.32. The number of nitrogens with zero attached hydrogens (tertiary/aromatic N) is 1. The van der Waals surface area contributed by atoms with Crippen molar-refractivity contribution in [3.63, 3.8) is 0 Å². The highest BCUT2D eigenvalue weighted by Crippen LogP contribution is 2.22. The Labute approximate surface area is 115 Å². The van der Waals surface area contributed by atoms with Crippen LogP contribution in [0.2, 0.25) is 0 Å². The Balaban J connectivity index is 1.83. The summed E-state index contributed by atoms with van der Waals surface area (Å²) in [6.07, 6.45) is 6.91. The highest BCUT2D eigenvalue weighted by molar-refractivity contribution is 7.13. The van der Waals surface area contributed by atoms with Crippen LogP contribution in [0, 0.1) is 5.92 Å². The first-order valence-electron chi connectivity index (χ1n) is 6.15. The summed E-state index contributed by atoms with van der Waals surface area (Å²) in [4.78, 5) is 27.1. The summed E-state index contributed by atoms with van der Waals surface area (Å²) in [5.41, 5.74) is 0.618. The summed E-state index contributed by atoms with van der Waals surface area (Å²) in [6, 6.07) is 0. The van der Waals surface area contributed by atoms with E-state index in [0.717, 1.165) is 12.8 Å². The Kier molecular flexibility index (Phi) is 4.68. The largest absolute Gasteiger partial charge is 0.469 e. The molecule has 0 radical (unpaired) electrons. The van der Waals surface area contributed by atoms with Crippen LogP contribution in [0.4, 0.5) is 5.13 Å². The highest BCUT2D eigenvalue weighted by Gasteiger charge is 2.15. The van der Waals surface area contributed by atoms with Crippen molar-refractivity contribution in [2.24, 2.45) is 5.92 Å². The standard InChI is InChI=1S/C13H16N2O3S/c1-18-12(17)7-10-8-19-13(14-10)15-11(16)6-9-4-2-3-5-9/h2,4,8-9H,3,5-7H2,1H3,(H,14,15,16). The maximum absolute atomic E-state index is 11.8. The van der Waals surface area contributed by atoms with Crippen LogP contribution in [0.3, 0.4) is 0 Å². The molecule has 0 aliphatic heterocycles. The predicted molar refractivity (Wildman–Crippen MR) is 72.9 cm³/mol. The first kappa shape index (κ1) is 13.7. The second kappa shape index (κ2) is 6.47. The number of ether oxygens (including phenoxy) is 1. The van der Waals surface area contributed by atoms with Gasteiger partial charge in [0, 0.05) is 11.8 Å². The fourth-order valence-electron chi connectivity index (χ4n) is 1.94. The lowest BCUT2D eigenvalue weighted by Crippen LogP contribution is -2.14. The number of methoxy groups -OCH3 is 1. The molecule has 1 aromatic heterocycles. The quantitative estimate of drug-likeness (QED) is 0.663. The Hall–Kier alpha value is -1.69. The van der Waals surface area contributed by atoms with Crippen molar-refractivity contribution in [1.82, 2.24) is 4.98 Å². The molecule has 102 valence electrons. The summed E-state index contributed by atoms with van der Waals surface area (Å²) in [7, 11) is 1.34. The minimum absolute atomic E-state index is 0.0319. The number of nitrogens with one attached hydrogen (secondary N) is 1. The molecule has 1 aliphatic rings. The molecule has 1 aliphatic carbocycles. The monoisotopic (exact) mass is 280 g/mol. The number of esters is 1. The molecule has 1 heterocycles. The van der Waals surface area contributed by atoms with Crippen molar-refractivity contribution in [3.05, 3.63) is 23.2 Å². The SMILES string of the molecule is COC(=O)Cc1csc(NC(=O)CC2C=CCC2)n1. The number of thiazole rings is 1. The van der Waals surface area contributed by atoms with Crippen LogP contribution in [0.25, 0.3) is 0 Å². The maximum Gasteiger partial charge on any atom is 0.311 e. The molecule has 1 N–H and O–H groups in total. The molecule has 0 bridgehead atoms. The minimum Gasteiger partial charge on any atom is -0.469 e. The van der Waals surface area contributed by atoms with Gasteiger partial charge in [-0.25, -0.2) is 4.98 Å². The van der Waals surface area contributed by atoms with E-state index in [1.54, 1.807) is 5.38 Å². The fourth-order valence-corrected chi connectivity index (χ4v) is 2.67. The predicted octanol–water partition coefficient (Wildman–Crippen LogP) is 2.15. The van der Waals surface area contributed by atoms with Gasteiger partial charge in [0.05, 0.1) is 19.2 Å². The van der Waals surface area contributed by atoms with Crippen molar-refractivity contribution in [3.8, 4) is 0 Å². The molecular weight excluding hydrogens is 264 g/mol. The smallest absolute Gasteiger partial charge is 0.311 e. The van der Waals surface area contributed by atoms with Gasteiger partial charge in [-0.05, 0) is 18.8 Å². The molecule has 1 aromatic rings. The molecule has 0 fully saturated rings. The number of carbonyl (C=O) groups is 2. The molecule has 19 heavy (non-hydrogen) atoms. The van der Waals surface area contributed by atoms with Crippen LogP contribution in [0.15, 0.2) is 17.5 Å². The van der Waals surface area contributed by atoms with Crippen molar-refractivity contribution < 1.29 is 14.3 Å². The average molecular weight is 280 g/mol. The number of carbonyl (C=O) groups excluding carboxylic acids is 2. The Bertz CT molecular complexity index is 496. The van der Waals surface area contributed by atoms with Gasteiger partial charge in [-0.15, -0.1) is 11.3 Å². The Morgan fingerprint density at radius 2 is 2.42 bits per heavy atom. The number of aromatic nitrogens is 1. The van der Waals surface area contributed by atoms with Crippen molar-refractivity contribution >= 4 is 28.3 Å². The Morgan fingerprint density at radius 3 is 3.11 bits per heavy atom. The van der Waals surface area contributed by atoms with Gasteiger partial charge in [0.1, 0.15) is 0 Å². The van der Waals surface area contributed by atoms with Crippen LogP contribution >= 0.6 is 11.3 Å². The first-order valence-corrected chi connectivity index (χ1v) is 7.03. The van der Waals surface area contributed by atoms with E-state index in [-0.39, 0.29) is 18.3 Å². The Morgan fingerprint density at radius 1 is 1.58 bits per heavy atom. The number of allylic oxidation sites excluding steroid dienone is 2. The maximum atomic E-state index is 11.8. The van der Waals surface area contributed by atoms with Crippen LogP contribution < -0.4 is 5.32 Å². The average Bonchev–Trinajstić information content (AvgIpc) is 3.01. The fraction of sp³-hybridized carbons (Fsp3) is 0.462. The molecule has 0 saturated carbocycles. The van der Waals surface area contributed by atoms with E-state index in [1.165, 1.54) is 18.4 Å². The van der Waals surface area contributed by atoms with Crippen LogP contribution in [-0.4, -0.2) is 24.0 Å². The van der Waals surface area contributed by atoms with Gasteiger partial charge >= 0.3 is 5.97 Å². The molecule has 0 aromatic carbocycles. The van der Waals surface area contributed by atoms with Gasteiger partial charge in [-0.3, -0.25) is 9.59 Å². The lowest BCUT2D eigenvalue weighted by atomic mass is 10.1. The zero-order chi connectivity index (χ0) is 13.7. The lowest BCUT2D eigenvalue weighted by molar-refractivity contribution is -0.139. The molecule has 0 spiro atoms. The number of amides is 1. The molecule has 2 rings (SSSR count). The van der Waals surface area contributed by atoms with Crippen molar-refractivity contribution in [1.29, 1.82) is 0 Å². The molecular formula is C13H16N2O3S. The third kappa shape index (κ3) is 4.17. The number of anilines is 1. The summed E-state index contributed by atoms with van der Waals surface area (Å²) in [5, 5.41) is 5.05. The highest BCUT2D eigenvalue weighted by atomic mass is 32.1. The van der Waals surface area contributed by atoms with Gasteiger partial charge in [-0.1, -0.05) is 12.2 Å². The van der Waals surface area contributed by atoms with Gasteiger partial charge in [0.25, 0.3) is 0 Å². The second-order valence-electron chi connectivity index (χ2n) is 4.41.